The van der Waals surface area contributed by atoms with Crippen LogP contribution < -0.4 is 5.73 Å². The van der Waals surface area contributed by atoms with Gasteiger partial charge in [-0.1, -0.05) is 0 Å². The third-order valence-electron chi connectivity index (χ3n) is 2.26. The molecule has 0 aliphatic rings. The number of hydrogen-bond donors (Lipinski definition) is 2. The van der Waals surface area contributed by atoms with E-state index in [1.54, 1.807) is 6.07 Å². The number of rotatable bonds is 5. The molecule has 0 saturated heterocycles. The highest BCUT2D eigenvalue weighted by molar-refractivity contribution is 14.1. The van der Waals surface area contributed by atoms with Crippen molar-refractivity contribution in [1.82, 2.24) is 4.90 Å². The zero-order chi connectivity index (χ0) is 13.7. The van der Waals surface area contributed by atoms with Crippen molar-refractivity contribution >= 4 is 34.2 Å². The molecule has 0 aliphatic carbocycles. The first-order valence-corrected chi connectivity index (χ1v) is 6.27. The third kappa shape index (κ3) is 4.05. The SMILES string of the molecule is Nc1ccc(C(=O)N(CCO)CC(F)F)cc1I. The Bertz CT molecular complexity index is 430. The fourth-order valence-corrected chi connectivity index (χ4v) is 1.92. The van der Waals surface area contributed by atoms with Crippen molar-refractivity contribution in [1.29, 1.82) is 0 Å². The van der Waals surface area contributed by atoms with Crippen LogP contribution in [-0.4, -0.2) is 42.0 Å². The Hall–Kier alpha value is -0.960. The first-order valence-electron chi connectivity index (χ1n) is 5.19. The number of nitrogens with two attached hydrogens (primary N) is 1. The summed E-state index contributed by atoms with van der Waals surface area (Å²) in [5.74, 6) is -0.540. The second-order valence-electron chi connectivity index (χ2n) is 3.60. The van der Waals surface area contributed by atoms with E-state index < -0.39 is 18.9 Å². The maximum absolute atomic E-state index is 12.3. The second-order valence-corrected chi connectivity index (χ2v) is 4.76. The number of aliphatic hydroxyl groups excluding tert-OH is 1. The van der Waals surface area contributed by atoms with Crippen molar-refractivity contribution in [2.45, 2.75) is 6.43 Å². The molecule has 0 bridgehead atoms. The lowest BCUT2D eigenvalue weighted by Crippen LogP contribution is -2.37. The van der Waals surface area contributed by atoms with E-state index in [0.29, 0.717) is 9.26 Å². The number of hydrogen-bond acceptors (Lipinski definition) is 3. The quantitative estimate of drug-likeness (QED) is 0.611. The Kier molecular flexibility index (Phi) is 5.73. The molecule has 0 saturated carbocycles. The van der Waals surface area contributed by atoms with Crippen LogP contribution in [-0.2, 0) is 0 Å². The van der Waals surface area contributed by atoms with Crippen LogP contribution in [0.25, 0.3) is 0 Å². The van der Waals surface area contributed by atoms with Gasteiger partial charge in [-0.15, -0.1) is 0 Å². The Morgan fingerprint density at radius 1 is 1.50 bits per heavy atom. The van der Waals surface area contributed by atoms with Crippen molar-refractivity contribution in [3.8, 4) is 0 Å². The molecule has 18 heavy (non-hydrogen) atoms. The summed E-state index contributed by atoms with van der Waals surface area (Å²) in [5.41, 5.74) is 6.42. The van der Waals surface area contributed by atoms with E-state index in [1.165, 1.54) is 12.1 Å². The minimum absolute atomic E-state index is 0.121. The van der Waals surface area contributed by atoms with Crippen LogP contribution in [0.2, 0.25) is 0 Å². The highest BCUT2D eigenvalue weighted by Crippen LogP contribution is 2.17. The number of benzene rings is 1. The average Bonchev–Trinajstić information content (AvgIpc) is 2.31. The molecule has 0 aromatic heterocycles. The molecule has 3 N–H and O–H groups in total. The smallest absolute Gasteiger partial charge is 0.255 e. The van der Waals surface area contributed by atoms with Crippen LogP contribution in [0.15, 0.2) is 18.2 Å². The van der Waals surface area contributed by atoms with Crippen LogP contribution >= 0.6 is 22.6 Å². The summed E-state index contributed by atoms with van der Waals surface area (Å²) in [7, 11) is 0. The lowest BCUT2D eigenvalue weighted by atomic mass is 10.2. The Balaban J connectivity index is 2.90. The van der Waals surface area contributed by atoms with E-state index in [0.717, 1.165) is 4.90 Å². The maximum atomic E-state index is 12.3. The first-order chi connectivity index (χ1) is 8.45. The van der Waals surface area contributed by atoms with Gasteiger partial charge >= 0.3 is 0 Å². The molecule has 0 fully saturated rings. The van der Waals surface area contributed by atoms with Gasteiger partial charge in [0.1, 0.15) is 0 Å². The highest BCUT2D eigenvalue weighted by atomic mass is 127. The van der Waals surface area contributed by atoms with Crippen LogP contribution in [0.4, 0.5) is 14.5 Å². The first kappa shape index (κ1) is 15.1. The molecule has 1 aromatic rings. The molecule has 0 radical (unpaired) electrons. The summed E-state index contributed by atoms with van der Waals surface area (Å²) < 4.78 is 25.3. The van der Waals surface area contributed by atoms with E-state index in [-0.39, 0.29) is 18.7 Å². The lowest BCUT2D eigenvalue weighted by molar-refractivity contribution is 0.0509. The van der Waals surface area contributed by atoms with E-state index in [4.69, 9.17) is 10.8 Å². The molecule has 7 heteroatoms. The summed E-state index contributed by atoms with van der Waals surface area (Å²) in [4.78, 5) is 12.9. The second kappa shape index (κ2) is 6.83. The predicted molar refractivity (Wildman–Crippen MR) is 72.6 cm³/mol. The summed E-state index contributed by atoms with van der Waals surface area (Å²) >= 11 is 1.96. The van der Waals surface area contributed by atoms with Gasteiger partial charge in [0.05, 0.1) is 13.2 Å². The zero-order valence-electron chi connectivity index (χ0n) is 9.44. The minimum atomic E-state index is -2.63. The van der Waals surface area contributed by atoms with Gasteiger partial charge in [-0.2, -0.15) is 0 Å². The van der Waals surface area contributed by atoms with Gasteiger partial charge in [0.15, 0.2) is 0 Å². The van der Waals surface area contributed by atoms with E-state index in [9.17, 15) is 13.6 Å². The molecule has 100 valence electrons. The molecule has 1 rings (SSSR count). The van der Waals surface area contributed by atoms with Crippen molar-refractivity contribution in [2.24, 2.45) is 0 Å². The molecule has 1 amide bonds. The summed E-state index contributed by atoms with van der Waals surface area (Å²) in [6.45, 7) is -1.17. The van der Waals surface area contributed by atoms with E-state index in [1.807, 2.05) is 22.6 Å². The summed E-state index contributed by atoms with van der Waals surface area (Å²) in [6.07, 6.45) is -2.63. The number of carbonyl (C=O) groups excluding carboxylic acids is 1. The third-order valence-corrected chi connectivity index (χ3v) is 3.20. The fraction of sp³-hybridized carbons (Fsp3) is 0.364. The number of alkyl halides is 2. The van der Waals surface area contributed by atoms with Crippen LogP contribution in [0.3, 0.4) is 0 Å². The highest BCUT2D eigenvalue weighted by Gasteiger charge is 2.19. The van der Waals surface area contributed by atoms with Gasteiger partial charge in [-0.3, -0.25) is 4.79 Å². The lowest BCUT2D eigenvalue weighted by Gasteiger charge is -2.21. The number of nitrogens with zero attached hydrogens (tertiary/aromatic N) is 1. The molecule has 0 unspecified atom stereocenters. The van der Waals surface area contributed by atoms with Gasteiger partial charge in [0.25, 0.3) is 12.3 Å². The molecule has 4 nitrogen and oxygen atoms in total. The standard InChI is InChI=1S/C11H13F2IN2O2/c12-10(13)6-16(3-4-17)11(18)7-1-2-9(15)8(14)5-7/h1-2,5,10,17H,3-4,6,15H2. The van der Waals surface area contributed by atoms with Crippen LogP contribution in [0.5, 0.6) is 0 Å². The van der Waals surface area contributed by atoms with Gasteiger partial charge in [-0.05, 0) is 40.8 Å². The number of amides is 1. The summed E-state index contributed by atoms with van der Waals surface area (Å²) in [6, 6.07) is 4.57. The molecular formula is C11H13F2IN2O2. The number of halogens is 3. The van der Waals surface area contributed by atoms with Gasteiger partial charge in [-0.25, -0.2) is 8.78 Å². The van der Waals surface area contributed by atoms with Gasteiger partial charge < -0.3 is 15.7 Å². The van der Waals surface area contributed by atoms with Gasteiger partial charge in [0.2, 0.25) is 0 Å². The Morgan fingerprint density at radius 3 is 2.67 bits per heavy atom. The normalized spacial score (nSPS) is 10.7. The molecule has 0 spiro atoms. The largest absolute Gasteiger partial charge is 0.398 e. The number of carbonyl (C=O) groups is 1. The minimum Gasteiger partial charge on any atom is -0.398 e. The van der Waals surface area contributed by atoms with Crippen molar-refractivity contribution in [2.75, 3.05) is 25.4 Å². The molecule has 0 aliphatic heterocycles. The Labute approximate surface area is 117 Å². The molecule has 1 aromatic carbocycles. The van der Waals surface area contributed by atoms with Crippen molar-refractivity contribution in [3.05, 3.63) is 27.3 Å². The van der Waals surface area contributed by atoms with Crippen molar-refractivity contribution in [3.63, 3.8) is 0 Å². The number of aliphatic hydroxyl groups is 1. The summed E-state index contributed by atoms with van der Waals surface area (Å²) in [5, 5.41) is 8.78. The van der Waals surface area contributed by atoms with Crippen LogP contribution in [0.1, 0.15) is 10.4 Å². The monoisotopic (exact) mass is 370 g/mol. The number of nitrogen functional groups attached to an aromatic ring is 1. The zero-order valence-corrected chi connectivity index (χ0v) is 11.6. The van der Waals surface area contributed by atoms with Crippen LogP contribution in [0, 0.1) is 3.57 Å². The maximum Gasteiger partial charge on any atom is 0.255 e. The van der Waals surface area contributed by atoms with Gasteiger partial charge in [0, 0.05) is 21.4 Å². The van der Waals surface area contributed by atoms with Crippen molar-refractivity contribution < 1.29 is 18.7 Å². The Morgan fingerprint density at radius 2 is 2.17 bits per heavy atom. The fourth-order valence-electron chi connectivity index (χ4n) is 1.41. The molecule has 0 atom stereocenters. The molecule has 0 heterocycles. The van der Waals surface area contributed by atoms with E-state index in [2.05, 4.69) is 0 Å². The predicted octanol–water partition coefficient (Wildman–Crippen LogP) is 1.57. The topological polar surface area (TPSA) is 66.6 Å². The van der Waals surface area contributed by atoms with E-state index >= 15 is 0 Å². The number of anilines is 1. The molecular weight excluding hydrogens is 357 g/mol. The average molecular weight is 370 g/mol.